The molecule has 0 fully saturated rings. The number of para-hydroxylation sites is 1. The van der Waals surface area contributed by atoms with Crippen molar-refractivity contribution in [3.8, 4) is 0 Å². The number of pyridine rings is 1. The van der Waals surface area contributed by atoms with E-state index in [0.717, 1.165) is 35.4 Å². The number of aromatic nitrogens is 4. The average Bonchev–Trinajstić information content (AvgIpc) is 2.94. The lowest BCUT2D eigenvalue weighted by Gasteiger charge is -2.11. The van der Waals surface area contributed by atoms with Crippen molar-refractivity contribution in [2.24, 2.45) is 0 Å². The van der Waals surface area contributed by atoms with Gasteiger partial charge >= 0.3 is 0 Å². The lowest BCUT2D eigenvalue weighted by molar-refractivity contribution is 0.902. The van der Waals surface area contributed by atoms with Crippen LogP contribution in [0.15, 0.2) is 36.8 Å². The molecule has 19 heavy (non-hydrogen) atoms. The molecular formula is C13H14N6. The molecule has 6 heteroatoms. The van der Waals surface area contributed by atoms with Crippen LogP contribution in [-0.2, 0) is 6.42 Å². The van der Waals surface area contributed by atoms with Gasteiger partial charge in [-0.05, 0) is 6.07 Å². The van der Waals surface area contributed by atoms with Gasteiger partial charge in [-0.2, -0.15) is 5.10 Å². The first-order valence-corrected chi connectivity index (χ1v) is 6.06. The monoisotopic (exact) mass is 254 g/mol. The third-order valence-electron chi connectivity index (χ3n) is 2.93. The Morgan fingerprint density at radius 2 is 2.11 bits per heavy atom. The van der Waals surface area contributed by atoms with Gasteiger partial charge in [-0.25, -0.2) is 4.98 Å². The smallest absolute Gasteiger partial charge is 0.137 e. The van der Waals surface area contributed by atoms with Gasteiger partial charge in [0.25, 0.3) is 0 Å². The lowest BCUT2D eigenvalue weighted by atomic mass is 10.1. The Morgan fingerprint density at radius 3 is 2.95 bits per heavy atom. The highest BCUT2D eigenvalue weighted by molar-refractivity contribution is 5.96. The van der Waals surface area contributed by atoms with Gasteiger partial charge in [0.05, 0.1) is 23.1 Å². The highest BCUT2D eigenvalue weighted by Crippen LogP contribution is 2.27. The summed E-state index contributed by atoms with van der Waals surface area (Å²) >= 11 is 0. The third kappa shape index (κ3) is 2.33. The van der Waals surface area contributed by atoms with Crippen molar-refractivity contribution in [1.82, 2.24) is 20.2 Å². The normalized spacial score (nSPS) is 10.7. The van der Waals surface area contributed by atoms with Crippen molar-refractivity contribution >= 4 is 22.3 Å². The van der Waals surface area contributed by atoms with E-state index in [1.807, 2.05) is 24.3 Å². The van der Waals surface area contributed by atoms with Crippen LogP contribution in [0.5, 0.6) is 0 Å². The number of aromatic amines is 1. The fraction of sp³-hybridized carbons (Fsp3) is 0.154. The molecule has 0 bridgehead atoms. The van der Waals surface area contributed by atoms with E-state index in [1.165, 1.54) is 6.33 Å². The summed E-state index contributed by atoms with van der Waals surface area (Å²) in [4.78, 5) is 8.39. The molecule has 96 valence electrons. The predicted octanol–water partition coefficient (Wildman–Crippen LogP) is 1.59. The van der Waals surface area contributed by atoms with E-state index in [1.54, 1.807) is 6.20 Å². The highest BCUT2D eigenvalue weighted by atomic mass is 15.2. The molecule has 0 radical (unpaired) electrons. The molecule has 0 spiro atoms. The largest absolute Gasteiger partial charge is 0.396 e. The van der Waals surface area contributed by atoms with Crippen LogP contribution in [0.4, 0.5) is 11.4 Å². The van der Waals surface area contributed by atoms with Crippen LogP contribution in [-0.4, -0.2) is 26.7 Å². The molecular weight excluding hydrogens is 240 g/mol. The summed E-state index contributed by atoms with van der Waals surface area (Å²) in [6.45, 7) is 0.730. The zero-order valence-corrected chi connectivity index (χ0v) is 10.3. The van der Waals surface area contributed by atoms with Crippen molar-refractivity contribution in [2.75, 3.05) is 17.6 Å². The van der Waals surface area contributed by atoms with Gasteiger partial charge in [0.1, 0.15) is 12.2 Å². The molecule has 2 aromatic heterocycles. The summed E-state index contributed by atoms with van der Waals surface area (Å²) in [6.07, 6.45) is 3.95. The van der Waals surface area contributed by atoms with Gasteiger partial charge in [0, 0.05) is 18.4 Å². The van der Waals surface area contributed by atoms with Crippen LogP contribution in [0.3, 0.4) is 0 Å². The van der Waals surface area contributed by atoms with Gasteiger partial charge in [-0.15, -0.1) is 0 Å². The molecule has 0 amide bonds. The van der Waals surface area contributed by atoms with E-state index in [2.05, 4.69) is 25.5 Å². The van der Waals surface area contributed by atoms with Crippen LogP contribution in [0.2, 0.25) is 0 Å². The van der Waals surface area contributed by atoms with E-state index in [9.17, 15) is 0 Å². The Hall–Kier alpha value is -2.63. The summed E-state index contributed by atoms with van der Waals surface area (Å²) in [6, 6.07) is 7.92. The minimum absolute atomic E-state index is 0.649. The molecule has 3 rings (SSSR count). The lowest BCUT2D eigenvalue weighted by Crippen LogP contribution is -2.08. The third-order valence-corrected chi connectivity index (χ3v) is 2.93. The molecule has 0 atom stereocenters. The number of nitrogens with two attached hydrogens (primary N) is 1. The van der Waals surface area contributed by atoms with Crippen molar-refractivity contribution in [3.63, 3.8) is 0 Å². The molecule has 3 aromatic rings. The second-order valence-corrected chi connectivity index (χ2v) is 4.21. The first-order valence-electron chi connectivity index (χ1n) is 6.06. The van der Waals surface area contributed by atoms with Gasteiger partial charge in [0.2, 0.25) is 0 Å². The van der Waals surface area contributed by atoms with E-state index < -0.39 is 0 Å². The minimum Gasteiger partial charge on any atom is -0.396 e. The molecule has 0 aliphatic rings. The number of nitrogens with zero attached hydrogens (tertiary/aromatic N) is 3. The highest BCUT2D eigenvalue weighted by Gasteiger charge is 2.05. The standard InChI is InChI=1S/C13H14N6/c14-10-7-16-11-4-2-1-3-9(11)13(10)15-6-5-12-17-8-18-19-12/h1-4,7-8H,5-6,14H2,(H,15,16)(H,17,18,19). The molecule has 2 heterocycles. The zero-order chi connectivity index (χ0) is 13.1. The Bertz CT molecular complexity index is 677. The van der Waals surface area contributed by atoms with E-state index >= 15 is 0 Å². The first-order chi connectivity index (χ1) is 9.34. The quantitative estimate of drug-likeness (QED) is 0.657. The summed E-state index contributed by atoms with van der Waals surface area (Å²) in [5.74, 6) is 0.851. The summed E-state index contributed by atoms with van der Waals surface area (Å²) in [5.41, 5.74) is 8.49. The van der Waals surface area contributed by atoms with Gasteiger partial charge < -0.3 is 11.1 Å². The molecule has 6 nitrogen and oxygen atoms in total. The van der Waals surface area contributed by atoms with E-state index in [0.29, 0.717) is 5.69 Å². The van der Waals surface area contributed by atoms with Crippen LogP contribution in [0, 0.1) is 0 Å². The number of hydrogen-bond donors (Lipinski definition) is 3. The van der Waals surface area contributed by atoms with Crippen molar-refractivity contribution in [3.05, 3.63) is 42.6 Å². The second-order valence-electron chi connectivity index (χ2n) is 4.21. The van der Waals surface area contributed by atoms with Crippen molar-refractivity contribution in [1.29, 1.82) is 0 Å². The number of benzene rings is 1. The van der Waals surface area contributed by atoms with Gasteiger partial charge in [-0.1, -0.05) is 18.2 Å². The Balaban J connectivity index is 1.81. The van der Waals surface area contributed by atoms with Crippen molar-refractivity contribution < 1.29 is 0 Å². The number of hydrogen-bond acceptors (Lipinski definition) is 5. The van der Waals surface area contributed by atoms with Crippen LogP contribution in [0.25, 0.3) is 10.9 Å². The second kappa shape index (κ2) is 4.93. The van der Waals surface area contributed by atoms with Gasteiger partial charge in [-0.3, -0.25) is 10.1 Å². The maximum atomic E-state index is 5.99. The van der Waals surface area contributed by atoms with Crippen LogP contribution >= 0.6 is 0 Å². The van der Waals surface area contributed by atoms with E-state index in [-0.39, 0.29) is 0 Å². The van der Waals surface area contributed by atoms with Crippen LogP contribution < -0.4 is 11.1 Å². The Morgan fingerprint density at radius 1 is 1.21 bits per heavy atom. The summed E-state index contributed by atoms with van der Waals surface area (Å²) in [5, 5.41) is 11.0. The first kappa shape index (κ1) is 11.5. The molecule has 1 aromatic carbocycles. The molecule has 4 N–H and O–H groups in total. The topological polar surface area (TPSA) is 92.5 Å². The molecule has 0 aliphatic heterocycles. The average molecular weight is 254 g/mol. The van der Waals surface area contributed by atoms with E-state index in [4.69, 9.17) is 5.73 Å². The summed E-state index contributed by atoms with van der Waals surface area (Å²) in [7, 11) is 0. The fourth-order valence-electron chi connectivity index (χ4n) is 2.01. The molecule has 0 saturated carbocycles. The number of H-pyrrole nitrogens is 1. The minimum atomic E-state index is 0.649. The number of anilines is 2. The SMILES string of the molecule is Nc1cnc2ccccc2c1NCCc1ncn[nH]1. The molecule has 0 saturated heterocycles. The number of rotatable bonds is 4. The van der Waals surface area contributed by atoms with Gasteiger partial charge in [0.15, 0.2) is 0 Å². The number of nitrogens with one attached hydrogen (secondary N) is 2. The Kier molecular flexibility index (Phi) is 2.97. The number of nitrogen functional groups attached to an aromatic ring is 1. The van der Waals surface area contributed by atoms with Crippen molar-refractivity contribution in [2.45, 2.75) is 6.42 Å². The molecule has 0 aliphatic carbocycles. The fourth-order valence-corrected chi connectivity index (χ4v) is 2.01. The maximum Gasteiger partial charge on any atom is 0.137 e. The maximum absolute atomic E-state index is 5.99. The zero-order valence-electron chi connectivity index (χ0n) is 10.3. The Labute approximate surface area is 110 Å². The van der Waals surface area contributed by atoms with Crippen LogP contribution in [0.1, 0.15) is 5.82 Å². The number of fused-ring (bicyclic) bond motifs is 1. The summed E-state index contributed by atoms with van der Waals surface area (Å²) < 4.78 is 0. The molecule has 0 unspecified atom stereocenters. The predicted molar refractivity (Wildman–Crippen MR) is 74.7 cm³/mol.